The first-order chi connectivity index (χ1) is 6.49. The summed E-state index contributed by atoms with van der Waals surface area (Å²) in [5, 5.41) is 0. The predicted molar refractivity (Wildman–Crippen MR) is 58.5 cm³/mol. The minimum Gasteiger partial charge on any atom is -0.445 e. The zero-order valence-corrected chi connectivity index (χ0v) is 9.55. The highest BCUT2D eigenvalue weighted by Gasteiger charge is 2.22. The lowest BCUT2D eigenvalue weighted by atomic mass is 9.97. The number of allylic oxidation sites excluding steroid dienone is 1. The molecule has 0 aliphatic carbocycles. The van der Waals surface area contributed by atoms with Crippen LogP contribution in [0.5, 0.6) is 0 Å². The van der Waals surface area contributed by atoms with Crippen LogP contribution in [-0.2, 0) is 18.3 Å². The number of hydrogen-bond acceptors (Lipinski definition) is 2. The molecular weight excluding hydrogens is 174 g/mol. The second kappa shape index (κ2) is 3.99. The van der Waals surface area contributed by atoms with Crippen molar-refractivity contribution in [3.05, 3.63) is 30.0 Å². The molecule has 1 aromatic rings. The Morgan fingerprint density at radius 1 is 1.43 bits per heavy atom. The van der Waals surface area contributed by atoms with Crippen molar-refractivity contribution >= 4 is 0 Å². The van der Waals surface area contributed by atoms with Crippen LogP contribution < -0.4 is 0 Å². The van der Waals surface area contributed by atoms with Gasteiger partial charge in [0.05, 0.1) is 5.69 Å². The lowest BCUT2D eigenvalue weighted by Gasteiger charge is -2.11. The first-order valence-electron chi connectivity index (χ1n) is 5.09. The molecule has 2 nitrogen and oxygen atoms in total. The maximum atomic E-state index is 5.72. The number of nitrogens with zero attached hydrogens (tertiary/aromatic N) is 1. The Bertz CT molecular complexity index is 318. The van der Waals surface area contributed by atoms with Gasteiger partial charge in [-0.1, -0.05) is 33.8 Å². The van der Waals surface area contributed by atoms with Crippen molar-refractivity contribution in [2.24, 2.45) is 0 Å². The monoisotopic (exact) mass is 193 g/mol. The van der Waals surface area contributed by atoms with E-state index in [2.05, 4.69) is 39.3 Å². The first-order valence-corrected chi connectivity index (χ1v) is 5.09. The molecule has 0 radical (unpaired) electrons. The normalized spacial score (nSPS) is 11.7. The van der Waals surface area contributed by atoms with Crippen molar-refractivity contribution in [3.8, 4) is 0 Å². The van der Waals surface area contributed by atoms with Crippen LogP contribution in [0.15, 0.2) is 17.1 Å². The Kier molecular flexibility index (Phi) is 3.14. The Morgan fingerprint density at radius 2 is 2.07 bits per heavy atom. The fourth-order valence-electron chi connectivity index (χ4n) is 1.28. The summed E-state index contributed by atoms with van der Waals surface area (Å²) < 4.78 is 5.72. The van der Waals surface area contributed by atoms with Gasteiger partial charge in [-0.05, 0) is 0 Å². The van der Waals surface area contributed by atoms with E-state index in [1.807, 2.05) is 6.08 Å². The van der Waals surface area contributed by atoms with Gasteiger partial charge in [-0.2, -0.15) is 0 Å². The molecule has 0 spiro atoms. The van der Waals surface area contributed by atoms with Crippen molar-refractivity contribution in [2.45, 2.75) is 46.0 Å². The maximum absolute atomic E-state index is 5.72. The first kappa shape index (κ1) is 11.0. The summed E-state index contributed by atoms with van der Waals surface area (Å²) in [6.45, 7) is 12.1. The summed E-state index contributed by atoms with van der Waals surface area (Å²) in [5.41, 5.74) is 1.02. The molecule has 0 amide bonds. The second-order valence-electron chi connectivity index (χ2n) is 4.49. The fraction of sp³-hybridized carbons (Fsp3) is 0.583. The van der Waals surface area contributed by atoms with Gasteiger partial charge in [-0.3, -0.25) is 0 Å². The van der Waals surface area contributed by atoms with Crippen molar-refractivity contribution < 1.29 is 4.42 Å². The van der Waals surface area contributed by atoms with E-state index < -0.39 is 0 Å². The molecule has 1 aromatic heterocycles. The lowest BCUT2D eigenvalue weighted by molar-refractivity contribution is 0.374. The number of oxazole rings is 1. The molecule has 0 N–H and O–H groups in total. The Hall–Kier alpha value is -1.05. The molecule has 0 bridgehead atoms. The van der Waals surface area contributed by atoms with Crippen LogP contribution in [0.25, 0.3) is 0 Å². The van der Waals surface area contributed by atoms with Crippen LogP contribution in [0.4, 0.5) is 0 Å². The third-order valence-corrected chi connectivity index (χ3v) is 2.08. The zero-order chi connectivity index (χ0) is 10.8. The maximum Gasteiger partial charge on any atom is 0.200 e. The standard InChI is InChI=1S/C12H19NO/c1-6-8-9-10(7-2)14-11(13-9)12(3,4)5/h6H,1,7-8H2,2-5H3. The molecule has 0 saturated heterocycles. The molecule has 0 saturated carbocycles. The van der Waals surface area contributed by atoms with Crippen LogP contribution in [0.2, 0.25) is 0 Å². The van der Waals surface area contributed by atoms with Crippen LogP contribution in [0.3, 0.4) is 0 Å². The van der Waals surface area contributed by atoms with Gasteiger partial charge in [0, 0.05) is 18.3 Å². The van der Waals surface area contributed by atoms with Crippen molar-refractivity contribution in [2.75, 3.05) is 0 Å². The summed E-state index contributed by atoms with van der Waals surface area (Å²) in [7, 11) is 0. The zero-order valence-electron chi connectivity index (χ0n) is 9.55. The highest BCUT2D eigenvalue weighted by molar-refractivity contribution is 5.15. The molecule has 0 atom stereocenters. The van der Waals surface area contributed by atoms with Gasteiger partial charge in [0.25, 0.3) is 0 Å². The summed E-state index contributed by atoms with van der Waals surface area (Å²) in [6, 6.07) is 0. The molecule has 1 heterocycles. The van der Waals surface area contributed by atoms with Gasteiger partial charge in [0.15, 0.2) is 5.89 Å². The quantitative estimate of drug-likeness (QED) is 0.689. The van der Waals surface area contributed by atoms with E-state index in [1.54, 1.807) is 0 Å². The van der Waals surface area contributed by atoms with Gasteiger partial charge >= 0.3 is 0 Å². The van der Waals surface area contributed by atoms with Gasteiger partial charge < -0.3 is 4.42 Å². The Balaban J connectivity index is 3.06. The van der Waals surface area contributed by atoms with Gasteiger partial charge in [-0.15, -0.1) is 6.58 Å². The summed E-state index contributed by atoms with van der Waals surface area (Å²) in [6.07, 6.45) is 3.55. The average molecular weight is 193 g/mol. The topological polar surface area (TPSA) is 26.0 Å². The van der Waals surface area contributed by atoms with E-state index in [0.29, 0.717) is 0 Å². The molecule has 0 fully saturated rings. The molecule has 78 valence electrons. The number of aryl methyl sites for hydroxylation is 1. The van der Waals surface area contributed by atoms with Crippen LogP contribution in [0.1, 0.15) is 45.0 Å². The van der Waals surface area contributed by atoms with E-state index in [4.69, 9.17) is 4.42 Å². The van der Waals surface area contributed by atoms with Gasteiger partial charge in [0.1, 0.15) is 5.76 Å². The van der Waals surface area contributed by atoms with Gasteiger partial charge in [0.2, 0.25) is 0 Å². The van der Waals surface area contributed by atoms with E-state index in [9.17, 15) is 0 Å². The van der Waals surface area contributed by atoms with Crippen molar-refractivity contribution in [1.82, 2.24) is 4.98 Å². The molecule has 0 aliphatic rings. The van der Waals surface area contributed by atoms with Crippen LogP contribution in [0, 0.1) is 0 Å². The fourth-order valence-corrected chi connectivity index (χ4v) is 1.28. The van der Waals surface area contributed by atoms with Crippen molar-refractivity contribution in [3.63, 3.8) is 0 Å². The number of hydrogen-bond donors (Lipinski definition) is 0. The molecular formula is C12H19NO. The molecule has 1 rings (SSSR count). The summed E-state index contributed by atoms with van der Waals surface area (Å²) >= 11 is 0. The molecule has 2 heteroatoms. The third kappa shape index (κ3) is 2.25. The Labute approximate surface area is 86.0 Å². The third-order valence-electron chi connectivity index (χ3n) is 2.08. The predicted octanol–water partition coefficient (Wildman–Crippen LogP) is 3.26. The highest BCUT2D eigenvalue weighted by atomic mass is 16.4. The minimum absolute atomic E-state index is 0.0106. The van der Waals surface area contributed by atoms with Crippen molar-refractivity contribution in [1.29, 1.82) is 0 Å². The minimum atomic E-state index is -0.0106. The molecule has 0 aromatic carbocycles. The number of rotatable bonds is 3. The van der Waals surface area contributed by atoms with Crippen LogP contribution in [-0.4, -0.2) is 4.98 Å². The van der Waals surface area contributed by atoms with E-state index in [0.717, 1.165) is 30.2 Å². The summed E-state index contributed by atoms with van der Waals surface area (Å²) in [4.78, 5) is 4.50. The second-order valence-corrected chi connectivity index (χ2v) is 4.49. The highest BCUT2D eigenvalue weighted by Crippen LogP contribution is 2.24. The molecule has 14 heavy (non-hydrogen) atoms. The van der Waals surface area contributed by atoms with Crippen LogP contribution >= 0.6 is 0 Å². The lowest BCUT2D eigenvalue weighted by Crippen LogP contribution is -2.11. The van der Waals surface area contributed by atoms with E-state index in [-0.39, 0.29) is 5.41 Å². The smallest absolute Gasteiger partial charge is 0.200 e. The largest absolute Gasteiger partial charge is 0.445 e. The Morgan fingerprint density at radius 3 is 2.50 bits per heavy atom. The summed E-state index contributed by atoms with van der Waals surface area (Å²) in [5.74, 6) is 1.82. The van der Waals surface area contributed by atoms with E-state index >= 15 is 0 Å². The van der Waals surface area contributed by atoms with E-state index in [1.165, 1.54) is 0 Å². The van der Waals surface area contributed by atoms with Gasteiger partial charge in [-0.25, -0.2) is 4.98 Å². The molecule has 0 unspecified atom stereocenters. The average Bonchev–Trinajstić information content (AvgIpc) is 2.47. The number of aromatic nitrogens is 1. The molecule has 0 aliphatic heterocycles. The SMILES string of the molecule is C=CCc1nc(C(C)(C)C)oc1CC.